The first-order valence-corrected chi connectivity index (χ1v) is 7.91. The Morgan fingerprint density at radius 1 is 1.05 bits per heavy atom. The van der Waals surface area contributed by atoms with E-state index in [9.17, 15) is 0 Å². The molecule has 0 saturated carbocycles. The Morgan fingerprint density at radius 2 is 1.80 bits per heavy atom. The maximum absolute atomic E-state index is 6.11. The SMILES string of the molecule is Nc1sc(-c2ccccc2)nc1-c1ccc(Cl)c(Br)c1. The number of hydrogen-bond acceptors (Lipinski definition) is 3. The number of nitrogen functional groups attached to an aromatic ring is 1. The minimum absolute atomic E-state index is 0.672. The van der Waals surface area contributed by atoms with Gasteiger partial charge in [-0.25, -0.2) is 4.98 Å². The summed E-state index contributed by atoms with van der Waals surface area (Å²) in [4.78, 5) is 4.65. The van der Waals surface area contributed by atoms with Crippen LogP contribution < -0.4 is 5.73 Å². The summed E-state index contributed by atoms with van der Waals surface area (Å²) < 4.78 is 0.838. The summed E-state index contributed by atoms with van der Waals surface area (Å²) >= 11 is 10.9. The summed E-state index contributed by atoms with van der Waals surface area (Å²) in [5, 5.41) is 2.30. The standard InChI is InChI=1S/C15H10BrClN2S/c16-11-8-10(6-7-12(11)17)13-14(18)20-15(19-13)9-4-2-1-3-5-9/h1-8H,18H2. The summed E-state index contributed by atoms with van der Waals surface area (Å²) in [7, 11) is 0. The molecule has 0 bridgehead atoms. The van der Waals surface area contributed by atoms with Gasteiger partial charge in [-0.1, -0.05) is 59.3 Å². The van der Waals surface area contributed by atoms with Gasteiger partial charge in [0.05, 0.1) is 5.02 Å². The Morgan fingerprint density at radius 3 is 2.50 bits per heavy atom. The van der Waals surface area contributed by atoms with Crippen molar-refractivity contribution in [2.75, 3.05) is 5.73 Å². The van der Waals surface area contributed by atoms with Crippen molar-refractivity contribution in [2.24, 2.45) is 0 Å². The van der Waals surface area contributed by atoms with E-state index in [1.54, 1.807) is 0 Å². The highest BCUT2D eigenvalue weighted by molar-refractivity contribution is 9.10. The van der Waals surface area contributed by atoms with Gasteiger partial charge < -0.3 is 5.73 Å². The van der Waals surface area contributed by atoms with Crippen molar-refractivity contribution in [3.63, 3.8) is 0 Å². The van der Waals surface area contributed by atoms with Crippen molar-refractivity contribution < 1.29 is 0 Å². The molecule has 0 aliphatic rings. The van der Waals surface area contributed by atoms with E-state index in [4.69, 9.17) is 17.3 Å². The summed E-state index contributed by atoms with van der Waals surface area (Å²) in [5.74, 6) is 0. The quantitative estimate of drug-likeness (QED) is 0.653. The second-order valence-corrected chi connectivity index (χ2v) is 6.52. The maximum atomic E-state index is 6.11. The molecule has 0 radical (unpaired) electrons. The second-order valence-electron chi connectivity index (χ2n) is 4.23. The molecule has 0 unspecified atom stereocenters. The van der Waals surface area contributed by atoms with Gasteiger partial charge in [-0.3, -0.25) is 0 Å². The Labute approximate surface area is 134 Å². The van der Waals surface area contributed by atoms with Gasteiger partial charge in [0, 0.05) is 15.6 Å². The van der Waals surface area contributed by atoms with Crippen LogP contribution in [0.5, 0.6) is 0 Å². The maximum Gasteiger partial charge on any atom is 0.126 e. The number of benzene rings is 2. The highest BCUT2D eigenvalue weighted by Crippen LogP contribution is 2.37. The van der Waals surface area contributed by atoms with Gasteiger partial charge in [0.15, 0.2) is 0 Å². The van der Waals surface area contributed by atoms with Crippen LogP contribution >= 0.6 is 38.9 Å². The van der Waals surface area contributed by atoms with E-state index < -0.39 is 0 Å². The smallest absolute Gasteiger partial charge is 0.126 e. The molecule has 1 heterocycles. The summed E-state index contributed by atoms with van der Waals surface area (Å²) in [6.07, 6.45) is 0. The van der Waals surface area contributed by atoms with E-state index in [2.05, 4.69) is 20.9 Å². The zero-order valence-corrected chi connectivity index (χ0v) is 13.5. The van der Waals surface area contributed by atoms with Crippen LogP contribution in [0, 0.1) is 0 Å². The molecular formula is C15H10BrClN2S. The molecule has 0 spiro atoms. The Balaban J connectivity index is 2.07. The predicted octanol–water partition coefficient (Wildman–Crippen LogP) is 5.48. The largest absolute Gasteiger partial charge is 0.389 e. The van der Waals surface area contributed by atoms with Crippen LogP contribution in [0.15, 0.2) is 53.0 Å². The molecule has 0 aliphatic carbocycles. The number of halogens is 2. The Kier molecular flexibility index (Phi) is 3.78. The summed E-state index contributed by atoms with van der Waals surface area (Å²) in [6, 6.07) is 15.7. The minimum Gasteiger partial charge on any atom is -0.389 e. The van der Waals surface area contributed by atoms with Gasteiger partial charge >= 0.3 is 0 Å². The van der Waals surface area contributed by atoms with Gasteiger partial charge in [0.25, 0.3) is 0 Å². The topological polar surface area (TPSA) is 38.9 Å². The summed E-state index contributed by atoms with van der Waals surface area (Å²) in [5.41, 5.74) is 8.93. The third-order valence-electron chi connectivity index (χ3n) is 2.87. The molecule has 0 atom stereocenters. The molecule has 0 saturated heterocycles. The van der Waals surface area contributed by atoms with Crippen LogP contribution in [-0.4, -0.2) is 4.98 Å². The first-order valence-electron chi connectivity index (χ1n) is 5.92. The number of nitrogens with two attached hydrogens (primary N) is 1. The molecule has 3 aromatic rings. The Hall–Kier alpha value is -1.36. The van der Waals surface area contributed by atoms with Gasteiger partial charge in [-0.2, -0.15) is 0 Å². The fourth-order valence-corrected chi connectivity index (χ4v) is 3.24. The van der Waals surface area contributed by atoms with Gasteiger partial charge in [0.1, 0.15) is 15.7 Å². The number of anilines is 1. The normalized spacial score (nSPS) is 10.7. The van der Waals surface area contributed by atoms with Gasteiger partial charge in [0.2, 0.25) is 0 Å². The molecule has 5 heteroatoms. The number of hydrogen-bond donors (Lipinski definition) is 1. The molecule has 100 valence electrons. The number of rotatable bonds is 2. The van der Waals surface area contributed by atoms with E-state index >= 15 is 0 Å². The first kappa shape index (κ1) is 13.6. The first-order chi connectivity index (χ1) is 9.65. The highest BCUT2D eigenvalue weighted by atomic mass is 79.9. The lowest BCUT2D eigenvalue weighted by molar-refractivity contribution is 1.40. The third kappa shape index (κ3) is 2.59. The summed E-state index contributed by atoms with van der Waals surface area (Å²) in [6.45, 7) is 0. The van der Waals surface area contributed by atoms with E-state index in [1.165, 1.54) is 11.3 Å². The average Bonchev–Trinajstić information content (AvgIpc) is 2.85. The molecule has 0 amide bonds. The number of thiazole rings is 1. The Bertz CT molecular complexity index is 756. The lowest BCUT2D eigenvalue weighted by atomic mass is 10.1. The lowest BCUT2D eigenvalue weighted by Gasteiger charge is -2.01. The zero-order valence-electron chi connectivity index (χ0n) is 10.3. The van der Waals surface area contributed by atoms with E-state index in [0.717, 1.165) is 26.3 Å². The highest BCUT2D eigenvalue weighted by Gasteiger charge is 2.12. The average molecular weight is 366 g/mol. The molecule has 3 rings (SSSR count). The predicted molar refractivity (Wildman–Crippen MR) is 90.1 cm³/mol. The van der Waals surface area contributed by atoms with Crippen LogP contribution in [0.4, 0.5) is 5.00 Å². The van der Waals surface area contributed by atoms with Crippen molar-refractivity contribution in [3.8, 4) is 21.8 Å². The number of nitrogens with zero attached hydrogens (tertiary/aromatic N) is 1. The van der Waals surface area contributed by atoms with Crippen molar-refractivity contribution >= 4 is 43.9 Å². The second kappa shape index (κ2) is 5.56. The van der Waals surface area contributed by atoms with Crippen LogP contribution in [0.2, 0.25) is 5.02 Å². The molecule has 1 aromatic heterocycles. The van der Waals surface area contributed by atoms with Crippen LogP contribution in [0.1, 0.15) is 0 Å². The van der Waals surface area contributed by atoms with E-state index in [-0.39, 0.29) is 0 Å². The molecule has 2 aromatic carbocycles. The molecular weight excluding hydrogens is 356 g/mol. The van der Waals surface area contributed by atoms with Crippen LogP contribution in [0.3, 0.4) is 0 Å². The van der Waals surface area contributed by atoms with E-state index in [1.807, 2.05) is 48.5 Å². The number of aromatic nitrogens is 1. The van der Waals surface area contributed by atoms with E-state index in [0.29, 0.717) is 10.0 Å². The molecule has 0 fully saturated rings. The fraction of sp³-hybridized carbons (Fsp3) is 0. The zero-order chi connectivity index (χ0) is 14.1. The van der Waals surface area contributed by atoms with Crippen molar-refractivity contribution in [1.29, 1.82) is 0 Å². The molecule has 2 N–H and O–H groups in total. The molecule has 0 aliphatic heterocycles. The monoisotopic (exact) mass is 364 g/mol. The fourth-order valence-electron chi connectivity index (χ4n) is 1.89. The van der Waals surface area contributed by atoms with Gasteiger partial charge in [-0.15, -0.1) is 0 Å². The van der Waals surface area contributed by atoms with Crippen molar-refractivity contribution in [1.82, 2.24) is 4.98 Å². The lowest BCUT2D eigenvalue weighted by Crippen LogP contribution is -1.86. The van der Waals surface area contributed by atoms with Crippen molar-refractivity contribution in [3.05, 3.63) is 58.0 Å². The molecule has 2 nitrogen and oxygen atoms in total. The van der Waals surface area contributed by atoms with Gasteiger partial charge in [-0.05, 0) is 28.1 Å². The van der Waals surface area contributed by atoms with Crippen molar-refractivity contribution in [2.45, 2.75) is 0 Å². The van der Waals surface area contributed by atoms with Crippen LogP contribution in [0.25, 0.3) is 21.8 Å². The van der Waals surface area contributed by atoms with Crippen LogP contribution in [-0.2, 0) is 0 Å². The third-order valence-corrected chi connectivity index (χ3v) is 5.01. The molecule has 20 heavy (non-hydrogen) atoms. The minimum atomic E-state index is 0.672.